The van der Waals surface area contributed by atoms with E-state index in [1.807, 2.05) is 36.6 Å². The molecule has 1 aromatic carbocycles. The molecule has 1 N–H and O–H groups in total. The summed E-state index contributed by atoms with van der Waals surface area (Å²) in [5.41, 5.74) is 4.62. The Morgan fingerprint density at radius 3 is 2.68 bits per heavy atom. The Kier molecular flexibility index (Phi) is 6.83. The number of rotatable bonds is 8. The normalized spacial score (nSPS) is 17.6. The van der Waals surface area contributed by atoms with Gasteiger partial charge in [-0.25, -0.2) is 0 Å². The van der Waals surface area contributed by atoms with Crippen LogP contribution in [0.5, 0.6) is 5.75 Å². The number of methoxy groups -OCH3 is 1. The van der Waals surface area contributed by atoms with Crippen LogP contribution < -0.4 is 10.1 Å². The number of aromatic nitrogens is 2. The van der Waals surface area contributed by atoms with Gasteiger partial charge in [0.2, 0.25) is 0 Å². The Morgan fingerprint density at radius 2 is 2.03 bits per heavy atom. The summed E-state index contributed by atoms with van der Waals surface area (Å²) in [5.74, 6) is 0.572. The molecule has 2 atom stereocenters. The topological polar surface area (TPSA) is 85.5 Å². The Labute approximate surface area is 204 Å². The first kappa shape index (κ1) is 23.7. The number of hydrogen-bond acceptors (Lipinski definition) is 5. The minimum atomic E-state index is -0.388. The lowest BCUT2D eigenvalue weighted by Crippen LogP contribution is -2.30. The summed E-state index contributed by atoms with van der Waals surface area (Å²) in [6, 6.07) is 12.5. The highest BCUT2D eigenvalue weighted by Crippen LogP contribution is 2.42. The van der Waals surface area contributed by atoms with Gasteiger partial charge in [-0.05, 0) is 62.3 Å². The molecule has 0 aliphatic carbocycles. The fourth-order valence-electron chi connectivity index (χ4n) is 4.74. The Bertz CT molecular complexity index is 1210. The van der Waals surface area contributed by atoms with Gasteiger partial charge in [0, 0.05) is 36.3 Å². The SMILES string of the molecule is CCCCN1C(=S)N[C@H](c2ccccn2)[C@@H]1c1cc(C)n(-c2cc([N+](=O)[O-])ccc2OC)c1C. The molecule has 0 bridgehead atoms. The van der Waals surface area contributed by atoms with Gasteiger partial charge in [-0.2, -0.15) is 0 Å². The predicted molar refractivity (Wildman–Crippen MR) is 136 cm³/mol. The predicted octanol–water partition coefficient (Wildman–Crippen LogP) is 5.18. The first-order valence-corrected chi connectivity index (χ1v) is 11.8. The molecular weight excluding hydrogens is 450 g/mol. The van der Waals surface area contributed by atoms with E-state index in [1.54, 1.807) is 25.4 Å². The zero-order valence-electron chi connectivity index (χ0n) is 19.8. The van der Waals surface area contributed by atoms with Crippen molar-refractivity contribution in [3.8, 4) is 11.4 Å². The number of unbranched alkanes of at least 4 members (excludes halogenated alkanes) is 1. The number of nitrogens with zero attached hydrogens (tertiary/aromatic N) is 4. The maximum atomic E-state index is 11.5. The van der Waals surface area contributed by atoms with Crippen molar-refractivity contribution in [3.05, 3.63) is 81.4 Å². The van der Waals surface area contributed by atoms with Crippen molar-refractivity contribution in [2.24, 2.45) is 0 Å². The molecule has 1 fully saturated rings. The summed E-state index contributed by atoms with van der Waals surface area (Å²) in [5, 5.41) is 15.7. The van der Waals surface area contributed by atoms with Crippen LogP contribution in [0.1, 0.15) is 54.5 Å². The van der Waals surface area contributed by atoms with Crippen molar-refractivity contribution in [2.45, 2.75) is 45.7 Å². The van der Waals surface area contributed by atoms with Crippen LogP contribution >= 0.6 is 12.2 Å². The van der Waals surface area contributed by atoms with Crippen LogP contribution in [0.15, 0.2) is 48.7 Å². The number of ether oxygens (including phenoxy) is 1. The zero-order chi connectivity index (χ0) is 24.4. The van der Waals surface area contributed by atoms with Gasteiger partial charge in [-0.1, -0.05) is 19.4 Å². The number of nitro groups is 1. The van der Waals surface area contributed by atoms with E-state index in [9.17, 15) is 10.1 Å². The smallest absolute Gasteiger partial charge is 0.271 e. The molecule has 8 nitrogen and oxygen atoms in total. The number of aryl methyl sites for hydroxylation is 1. The second kappa shape index (κ2) is 9.80. The standard InChI is InChI=1S/C25H29N5O3S/c1-5-6-13-28-24(23(27-25(28)34)20-9-7-8-12-26-20)19-14-16(2)29(17(19)3)21-15-18(30(31)32)10-11-22(21)33-4/h7-12,14-15,23-24H,5-6,13H2,1-4H3,(H,27,34)/t23-,24+/m1/s1. The molecule has 0 saturated carbocycles. The summed E-state index contributed by atoms with van der Waals surface area (Å²) < 4.78 is 7.59. The molecular formula is C25H29N5O3S. The van der Waals surface area contributed by atoms with Gasteiger partial charge in [0.05, 0.1) is 35.5 Å². The third-order valence-corrected chi connectivity index (χ3v) is 6.71. The van der Waals surface area contributed by atoms with E-state index in [2.05, 4.69) is 28.2 Å². The maximum absolute atomic E-state index is 11.5. The summed E-state index contributed by atoms with van der Waals surface area (Å²) in [6.45, 7) is 7.04. The number of benzene rings is 1. The molecule has 2 aromatic heterocycles. The monoisotopic (exact) mass is 479 g/mol. The van der Waals surface area contributed by atoms with Crippen molar-refractivity contribution in [1.29, 1.82) is 0 Å². The number of nitro benzene ring substituents is 1. The van der Waals surface area contributed by atoms with Crippen LogP contribution in [0.25, 0.3) is 5.69 Å². The van der Waals surface area contributed by atoms with Gasteiger partial charge < -0.3 is 19.5 Å². The number of non-ortho nitro benzene ring substituents is 1. The number of hydrogen-bond donors (Lipinski definition) is 1. The molecule has 0 spiro atoms. The molecule has 0 amide bonds. The summed E-state index contributed by atoms with van der Waals surface area (Å²) in [4.78, 5) is 17.9. The second-order valence-corrected chi connectivity index (χ2v) is 8.84. The largest absolute Gasteiger partial charge is 0.495 e. The lowest BCUT2D eigenvalue weighted by atomic mass is 9.96. The minimum absolute atomic E-state index is 0.0181. The third kappa shape index (κ3) is 4.23. The zero-order valence-corrected chi connectivity index (χ0v) is 20.6. The van der Waals surface area contributed by atoms with Crippen molar-refractivity contribution in [1.82, 2.24) is 19.8 Å². The third-order valence-electron chi connectivity index (χ3n) is 6.35. The van der Waals surface area contributed by atoms with Gasteiger partial charge in [-0.15, -0.1) is 0 Å². The highest BCUT2D eigenvalue weighted by atomic mass is 32.1. The van der Waals surface area contributed by atoms with Crippen molar-refractivity contribution in [3.63, 3.8) is 0 Å². The lowest BCUT2D eigenvalue weighted by molar-refractivity contribution is -0.384. The van der Waals surface area contributed by atoms with Gasteiger partial charge >= 0.3 is 0 Å². The highest BCUT2D eigenvalue weighted by Gasteiger charge is 2.41. The Morgan fingerprint density at radius 1 is 1.24 bits per heavy atom. The van der Waals surface area contributed by atoms with Crippen LogP contribution in [-0.4, -0.2) is 38.1 Å². The number of pyridine rings is 1. The van der Waals surface area contributed by atoms with Crippen LogP contribution in [0.4, 0.5) is 5.69 Å². The molecule has 1 aliphatic rings. The van der Waals surface area contributed by atoms with E-state index >= 15 is 0 Å². The van der Waals surface area contributed by atoms with E-state index in [1.165, 1.54) is 6.07 Å². The summed E-state index contributed by atoms with van der Waals surface area (Å²) in [6.07, 6.45) is 3.87. The maximum Gasteiger partial charge on any atom is 0.271 e. The van der Waals surface area contributed by atoms with Gasteiger partial charge in [0.25, 0.3) is 5.69 Å². The van der Waals surface area contributed by atoms with Crippen molar-refractivity contribution >= 4 is 23.0 Å². The van der Waals surface area contributed by atoms with Crippen molar-refractivity contribution < 1.29 is 9.66 Å². The lowest BCUT2D eigenvalue weighted by Gasteiger charge is -2.28. The average molecular weight is 480 g/mol. The van der Waals surface area contributed by atoms with Gasteiger partial charge in [-0.3, -0.25) is 15.1 Å². The summed E-state index contributed by atoms with van der Waals surface area (Å²) in [7, 11) is 1.57. The molecule has 4 rings (SSSR count). The first-order valence-electron chi connectivity index (χ1n) is 11.4. The van der Waals surface area contributed by atoms with Gasteiger partial charge in [0.1, 0.15) is 5.75 Å². The number of nitrogens with one attached hydrogen (secondary N) is 1. The van der Waals surface area contributed by atoms with E-state index in [0.29, 0.717) is 16.5 Å². The molecule has 1 saturated heterocycles. The highest BCUT2D eigenvalue weighted by molar-refractivity contribution is 7.80. The number of thiocarbonyl (C=S) groups is 1. The molecule has 3 heterocycles. The van der Waals surface area contributed by atoms with Crippen LogP contribution in [0.3, 0.4) is 0 Å². The van der Waals surface area contributed by atoms with Crippen LogP contribution in [0.2, 0.25) is 0 Å². The molecule has 3 aromatic rings. The van der Waals surface area contributed by atoms with Crippen molar-refractivity contribution in [2.75, 3.05) is 13.7 Å². The molecule has 0 radical (unpaired) electrons. The average Bonchev–Trinajstić information content (AvgIpc) is 3.32. The van der Waals surface area contributed by atoms with Gasteiger partial charge in [0.15, 0.2) is 5.11 Å². The Balaban J connectivity index is 1.86. The second-order valence-electron chi connectivity index (χ2n) is 8.45. The van der Waals surface area contributed by atoms with Crippen LogP contribution in [0, 0.1) is 24.0 Å². The minimum Gasteiger partial charge on any atom is -0.495 e. The fraction of sp³-hybridized carbons (Fsp3) is 0.360. The summed E-state index contributed by atoms with van der Waals surface area (Å²) >= 11 is 5.75. The molecule has 178 valence electrons. The van der Waals surface area contributed by atoms with E-state index in [-0.39, 0.29) is 22.7 Å². The Hall–Kier alpha value is -3.46. The quantitative estimate of drug-likeness (QED) is 0.271. The molecule has 9 heteroatoms. The van der Waals surface area contributed by atoms with E-state index in [4.69, 9.17) is 17.0 Å². The van der Waals surface area contributed by atoms with Crippen LogP contribution in [-0.2, 0) is 0 Å². The fourth-order valence-corrected chi connectivity index (χ4v) is 5.07. The first-order chi connectivity index (χ1) is 16.4. The molecule has 0 unspecified atom stereocenters. The molecule has 1 aliphatic heterocycles. The van der Waals surface area contributed by atoms with E-state index in [0.717, 1.165) is 42.0 Å². The molecule has 34 heavy (non-hydrogen) atoms. The van der Waals surface area contributed by atoms with E-state index < -0.39 is 0 Å².